The SMILES string of the molecule is CCCCCCCC(CC)C(=O)NC(CC1CCCNC1=O)C(=O)OC. The summed E-state index contributed by atoms with van der Waals surface area (Å²) in [7, 11) is 1.31. The lowest BCUT2D eigenvalue weighted by atomic mass is 9.90. The molecule has 26 heavy (non-hydrogen) atoms. The Labute approximate surface area is 157 Å². The summed E-state index contributed by atoms with van der Waals surface area (Å²) < 4.78 is 4.84. The third kappa shape index (κ3) is 7.75. The molecule has 1 rings (SSSR count). The summed E-state index contributed by atoms with van der Waals surface area (Å²) in [5.41, 5.74) is 0. The first-order valence-corrected chi connectivity index (χ1v) is 10.2. The molecule has 0 aliphatic carbocycles. The summed E-state index contributed by atoms with van der Waals surface area (Å²) >= 11 is 0. The fourth-order valence-corrected chi connectivity index (χ4v) is 3.51. The monoisotopic (exact) mass is 368 g/mol. The minimum Gasteiger partial charge on any atom is -0.467 e. The van der Waals surface area contributed by atoms with Crippen LogP contribution in [0.15, 0.2) is 0 Å². The quantitative estimate of drug-likeness (QED) is 0.410. The maximum absolute atomic E-state index is 12.6. The number of ether oxygens (including phenoxy) is 1. The van der Waals surface area contributed by atoms with Crippen LogP contribution >= 0.6 is 0 Å². The van der Waals surface area contributed by atoms with Gasteiger partial charge in [-0.05, 0) is 32.1 Å². The molecule has 2 amide bonds. The lowest BCUT2D eigenvalue weighted by molar-refractivity contribution is -0.146. The van der Waals surface area contributed by atoms with Crippen molar-refractivity contribution in [1.29, 1.82) is 0 Å². The van der Waals surface area contributed by atoms with Crippen LogP contribution in [0.25, 0.3) is 0 Å². The number of nitrogens with one attached hydrogen (secondary N) is 2. The Kier molecular flexibility index (Phi) is 11.0. The normalized spacial score (nSPS) is 19.3. The van der Waals surface area contributed by atoms with E-state index in [1.54, 1.807) is 0 Å². The van der Waals surface area contributed by atoms with Crippen molar-refractivity contribution < 1.29 is 19.1 Å². The molecule has 2 N–H and O–H groups in total. The van der Waals surface area contributed by atoms with Gasteiger partial charge in [0.25, 0.3) is 0 Å². The number of amides is 2. The van der Waals surface area contributed by atoms with Crippen molar-refractivity contribution in [1.82, 2.24) is 10.6 Å². The summed E-state index contributed by atoms with van der Waals surface area (Å²) in [6.07, 6.45) is 9.33. The highest BCUT2D eigenvalue weighted by Gasteiger charge is 2.31. The maximum Gasteiger partial charge on any atom is 0.328 e. The minimum absolute atomic E-state index is 0.0395. The first-order valence-electron chi connectivity index (χ1n) is 10.2. The molecule has 150 valence electrons. The van der Waals surface area contributed by atoms with Crippen LogP contribution in [-0.4, -0.2) is 37.5 Å². The zero-order valence-electron chi connectivity index (χ0n) is 16.6. The molecule has 3 unspecified atom stereocenters. The van der Waals surface area contributed by atoms with Crippen molar-refractivity contribution in [2.24, 2.45) is 11.8 Å². The van der Waals surface area contributed by atoms with Gasteiger partial charge in [-0.2, -0.15) is 0 Å². The molecule has 6 heteroatoms. The van der Waals surface area contributed by atoms with Gasteiger partial charge in [0, 0.05) is 18.4 Å². The van der Waals surface area contributed by atoms with Crippen LogP contribution in [0.3, 0.4) is 0 Å². The fraction of sp³-hybridized carbons (Fsp3) is 0.850. The summed E-state index contributed by atoms with van der Waals surface area (Å²) in [5.74, 6) is -0.960. The Morgan fingerprint density at radius 2 is 1.96 bits per heavy atom. The third-order valence-electron chi connectivity index (χ3n) is 5.24. The van der Waals surface area contributed by atoms with Crippen LogP contribution in [0, 0.1) is 11.8 Å². The molecule has 1 heterocycles. The van der Waals surface area contributed by atoms with Gasteiger partial charge in [-0.1, -0.05) is 46.0 Å². The number of hydrogen-bond acceptors (Lipinski definition) is 4. The first-order chi connectivity index (χ1) is 12.5. The first kappa shape index (κ1) is 22.5. The summed E-state index contributed by atoms with van der Waals surface area (Å²) in [6.45, 7) is 4.86. The van der Waals surface area contributed by atoms with E-state index in [1.165, 1.54) is 26.4 Å². The van der Waals surface area contributed by atoms with E-state index in [2.05, 4.69) is 17.6 Å². The Morgan fingerprint density at radius 3 is 2.58 bits per heavy atom. The van der Waals surface area contributed by atoms with E-state index >= 15 is 0 Å². The number of methoxy groups -OCH3 is 1. The minimum atomic E-state index is -0.754. The number of carbonyl (C=O) groups excluding carboxylic acids is 3. The lowest BCUT2D eigenvalue weighted by Gasteiger charge is -2.26. The molecular formula is C20H36N2O4. The van der Waals surface area contributed by atoms with E-state index < -0.39 is 12.0 Å². The third-order valence-corrected chi connectivity index (χ3v) is 5.24. The topological polar surface area (TPSA) is 84.5 Å². The van der Waals surface area contributed by atoms with Crippen molar-refractivity contribution in [3.8, 4) is 0 Å². The molecule has 1 aliphatic rings. The van der Waals surface area contributed by atoms with E-state index in [0.29, 0.717) is 13.0 Å². The number of esters is 1. The van der Waals surface area contributed by atoms with Crippen LogP contribution in [0.2, 0.25) is 0 Å². The zero-order valence-corrected chi connectivity index (χ0v) is 16.6. The Bertz CT molecular complexity index is 453. The molecule has 0 aromatic rings. The molecule has 1 aliphatic heterocycles. The van der Waals surface area contributed by atoms with Crippen molar-refractivity contribution in [3.05, 3.63) is 0 Å². The van der Waals surface area contributed by atoms with Crippen molar-refractivity contribution in [2.75, 3.05) is 13.7 Å². The second-order valence-electron chi connectivity index (χ2n) is 7.26. The van der Waals surface area contributed by atoms with Crippen molar-refractivity contribution >= 4 is 17.8 Å². The van der Waals surface area contributed by atoms with Crippen LogP contribution in [0.5, 0.6) is 0 Å². The van der Waals surface area contributed by atoms with Gasteiger partial charge in [0.2, 0.25) is 11.8 Å². The van der Waals surface area contributed by atoms with E-state index in [1.807, 2.05) is 6.92 Å². The van der Waals surface area contributed by atoms with E-state index in [4.69, 9.17) is 4.74 Å². The van der Waals surface area contributed by atoms with E-state index in [0.717, 1.165) is 38.5 Å². The number of carbonyl (C=O) groups is 3. The standard InChI is InChI=1S/C20H36N2O4/c1-4-6-7-8-9-11-15(5-2)19(24)22-17(20(25)26-3)14-16-12-10-13-21-18(16)23/h15-17H,4-14H2,1-3H3,(H,21,23)(H,22,24). The van der Waals surface area contributed by atoms with Gasteiger partial charge in [0.05, 0.1) is 7.11 Å². The second-order valence-corrected chi connectivity index (χ2v) is 7.26. The number of hydrogen-bond donors (Lipinski definition) is 2. The molecular weight excluding hydrogens is 332 g/mol. The average molecular weight is 369 g/mol. The van der Waals surface area contributed by atoms with Crippen LogP contribution in [0.1, 0.15) is 78.1 Å². The second kappa shape index (κ2) is 12.7. The van der Waals surface area contributed by atoms with Gasteiger partial charge >= 0.3 is 5.97 Å². The lowest BCUT2D eigenvalue weighted by Crippen LogP contribution is -2.47. The molecule has 1 fully saturated rings. The molecule has 0 aromatic carbocycles. The number of piperidine rings is 1. The molecule has 3 atom stereocenters. The molecule has 0 aromatic heterocycles. The van der Waals surface area contributed by atoms with Gasteiger partial charge in [-0.25, -0.2) is 4.79 Å². The number of unbranched alkanes of at least 4 members (excludes halogenated alkanes) is 4. The van der Waals surface area contributed by atoms with Gasteiger partial charge in [0.15, 0.2) is 0 Å². The highest BCUT2D eigenvalue weighted by Crippen LogP contribution is 2.20. The molecule has 0 spiro atoms. The van der Waals surface area contributed by atoms with Gasteiger partial charge in [-0.3, -0.25) is 9.59 Å². The predicted octanol–water partition coefficient (Wildman–Crippen LogP) is 2.95. The Morgan fingerprint density at radius 1 is 1.23 bits per heavy atom. The van der Waals surface area contributed by atoms with Crippen molar-refractivity contribution in [3.63, 3.8) is 0 Å². The van der Waals surface area contributed by atoms with Crippen LogP contribution < -0.4 is 10.6 Å². The van der Waals surface area contributed by atoms with Gasteiger partial charge in [-0.15, -0.1) is 0 Å². The maximum atomic E-state index is 12.6. The largest absolute Gasteiger partial charge is 0.467 e. The summed E-state index contributed by atoms with van der Waals surface area (Å²) in [6, 6.07) is -0.754. The van der Waals surface area contributed by atoms with Gasteiger partial charge in [0.1, 0.15) is 6.04 Å². The highest BCUT2D eigenvalue weighted by atomic mass is 16.5. The van der Waals surface area contributed by atoms with E-state index in [9.17, 15) is 14.4 Å². The summed E-state index contributed by atoms with van der Waals surface area (Å²) in [5, 5.41) is 5.67. The fourth-order valence-electron chi connectivity index (χ4n) is 3.51. The average Bonchev–Trinajstić information content (AvgIpc) is 2.65. The molecule has 0 saturated carbocycles. The predicted molar refractivity (Wildman–Crippen MR) is 101 cm³/mol. The van der Waals surface area contributed by atoms with Crippen LogP contribution in [0.4, 0.5) is 0 Å². The molecule has 0 radical (unpaired) electrons. The zero-order chi connectivity index (χ0) is 19.4. The Hall–Kier alpha value is -1.59. The van der Waals surface area contributed by atoms with E-state index in [-0.39, 0.29) is 23.7 Å². The number of rotatable bonds is 12. The van der Waals surface area contributed by atoms with Crippen LogP contribution in [-0.2, 0) is 19.1 Å². The van der Waals surface area contributed by atoms with Crippen molar-refractivity contribution in [2.45, 2.75) is 84.1 Å². The molecule has 1 saturated heterocycles. The Balaban J connectivity index is 2.56. The summed E-state index contributed by atoms with van der Waals surface area (Å²) in [4.78, 5) is 36.7. The molecule has 6 nitrogen and oxygen atoms in total. The molecule has 0 bridgehead atoms. The smallest absolute Gasteiger partial charge is 0.328 e. The highest BCUT2D eigenvalue weighted by molar-refractivity contribution is 5.87. The van der Waals surface area contributed by atoms with Gasteiger partial charge < -0.3 is 15.4 Å².